The van der Waals surface area contributed by atoms with Gasteiger partial charge in [-0.1, -0.05) is 84.9 Å². The van der Waals surface area contributed by atoms with Crippen LogP contribution in [0.2, 0.25) is 0 Å². The van der Waals surface area contributed by atoms with Gasteiger partial charge in [-0.25, -0.2) is 0 Å². The molecule has 0 bridgehead atoms. The van der Waals surface area contributed by atoms with Crippen molar-refractivity contribution in [3.63, 3.8) is 0 Å². The van der Waals surface area contributed by atoms with E-state index >= 15 is 0 Å². The van der Waals surface area contributed by atoms with Gasteiger partial charge in [-0.05, 0) is 79.9 Å². The van der Waals surface area contributed by atoms with E-state index in [0.29, 0.717) is 0 Å². The molecule has 0 aliphatic carbocycles. The predicted molar refractivity (Wildman–Crippen MR) is 147 cm³/mol. The van der Waals surface area contributed by atoms with Crippen LogP contribution in [0.5, 0.6) is 0 Å². The van der Waals surface area contributed by atoms with Crippen LogP contribution in [0.15, 0.2) is 84.9 Å². The summed E-state index contributed by atoms with van der Waals surface area (Å²) < 4.78 is 0. The van der Waals surface area contributed by atoms with Gasteiger partial charge in [0, 0.05) is 19.6 Å². The van der Waals surface area contributed by atoms with Crippen LogP contribution < -0.4 is 5.73 Å². The van der Waals surface area contributed by atoms with Gasteiger partial charge in [0.25, 0.3) is 0 Å². The molecule has 2 N–H and O–H groups in total. The van der Waals surface area contributed by atoms with Crippen molar-refractivity contribution in [1.82, 2.24) is 9.80 Å². The minimum absolute atomic E-state index is 0.146. The van der Waals surface area contributed by atoms with Gasteiger partial charge in [0.2, 0.25) is 5.91 Å². The quantitative estimate of drug-likeness (QED) is 0.458. The van der Waals surface area contributed by atoms with Gasteiger partial charge in [0.15, 0.2) is 0 Å². The highest BCUT2D eigenvalue weighted by atomic mass is 16.1. The van der Waals surface area contributed by atoms with Crippen LogP contribution in [0.25, 0.3) is 0 Å². The number of nitrogens with two attached hydrogens (primary N) is 1. The molecule has 36 heavy (non-hydrogen) atoms. The largest absolute Gasteiger partial charge is 0.369 e. The zero-order valence-corrected chi connectivity index (χ0v) is 21.3. The Balaban J connectivity index is 1.24. The predicted octanol–water partition coefficient (Wildman–Crippen LogP) is 4.66. The standard InChI is InChI=1S/C32H39N3O/c33-31(36)32(28-9-3-1-4-10-28,29-11-5-2-6-12-29)30-19-24-35(25-30)23-18-27-15-13-26(14-16-27)17-22-34-20-7-8-21-34/h1-6,9-16,30H,7-8,17-25H2,(H2,33,36). The average molecular weight is 482 g/mol. The van der Waals surface area contributed by atoms with Crippen LogP contribution in [0.3, 0.4) is 0 Å². The molecule has 4 heteroatoms. The Bertz CT molecular complexity index is 1070. The number of hydrogen-bond donors (Lipinski definition) is 1. The van der Waals surface area contributed by atoms with Gasteiger partial charge in [-0.3, -0.25) is 4.79 Å². The van der Waals surface area contributed by atoms with Gasteiger partial charge >= 0.3 is 0 Å². The summed E-state index contributed by atoms with van der Waals surface area (Å²) in [6.07, 6.45) is 5.84. The third kappa shape index (κ3) is 5.25. The van der Waals surface area contributed by atoms with E-state index in [1.807, 2.05) is 36.4 Å². The van der Waals surface area contributed by atoms with Crippen LogP contribution in [-0.4, -0.2) is 55.0 Å². The molecule has 3 aromatic rings. The number of likely N-dealkylation sites (tertiary alicyclic amines) is 2. The normalized spacial score (nSPS) is 19.1. The van der Waals surface area contributed by atoms with E-state index in [0.717, 1.165) is 50.0 Å². The maximum atomic E-state index is 13.3. The molecule has 0 saturated carbocycles. The first-order valence-corrected chi connectivity index (χ1v) is 13.6. The summed E-state index contributed by atoms with van der Waals surface area (Å²) in [7, 11) is 0. The Hall–Kier alpha value is -2.95. The Morgan fingerprint density at radius 2 is 1.22 bits per heavy atom. The topological polar surface area (TPSA) is 49.6 Å². The molecule has 2 saturated heterocycles. The van der Waals surface area contributed by atoms with Crippen molar-refractivity contribution in [1.29, 1.82) is 0 Å². The second-order valence-corrected chi connectivity index (χ2v) is 10.6. The maximum absolute atomic E-state index is 13.3. The molecule has 4 nitrogen and oxygen atoms in total. The summed E-state index contributed by atoms with van der Waals surface area (Å²) >= 11 is 0. The number of hydrogen-bond acceptors (Lipinski definition) is 3. The zero-order valence-electron chi connectivity index (χ0n) is 21.3. The molecule has 2 aliphatic heterocycles. The third-order valence-corrected chi connectivity index (χ3v) is 8.39. The Kier molecular flexibility index (Phi) is 7.84. The number of nitrogens with zero attached hydrogens (tertiary/aromatic N) is 2. The number of carbonyl (C=O) groups is 1. The summed E-state index contributed by atoms with van der Waals surface area (Å²) in [4.78, 5) is 18.4. The lowest BCUT2D eigenvalue weighted by molar-refractivity contribution is -0.123. The van der Waals surface area contributed by atoms with Crippen molar-refractivity contribution < 1.29 is 4.79 Å². The molecular weight excluding hydrogens is 442 g/mol. The molecule has 0 radical (unpaired) electrons. The van der Waals surface area contributed by atoms with E-state index < -0.39 is 5.41 Å². The fourth-order valence-electron chi connectivity index (χ4n) is 6.37. The van der Waals surface area contributed by atoms with Crippen molar-refractivity contribution in [2.75, 3.05) is 39.3 Å². The van der Waals surface area contributed by atoms with Crippen LogP contribution in [0, 0.1) is 5.92 Å². The second-order valence-electron chi connectivity index (χ2n) is 10.6. The molecule has 0 spiro atoms. The Morgan fingerprint density at radius 1 is 0.722 bits per heavy atom. The van der Waals surface area contributed by atoms with Crippen molar-refractivity contribution in [2.24, 2.45) is 11.7 Å². The van der Waals surface area contributed by atoms with E-state index in [2.05, 4.69) is 58.3 Å². The third-order valence-electron chi connectivity index (χ3n) is 8.39. The Morgan fingerprint density at radius 3 is 1.72 bits per heavy atom. The summed E-state index contributed by atoms with van der Waals surface area (Å²) in [5.41, 5.74) is 10.3. The van der Waals surface area contributed by atoms with Crippen molar-refractivity contribution in [2.45, 2.75) is 37.5 Å². The van der Waals surface area contributed by atoms with E-state index in [4.69, 9.17) is 5.73 Å². The summed E-state index contributed by atoms with van der Waals surface area (Å²) in [6, 6.07) is 29.5. The van der Waals surface area contributed by atoms with Crippen molar-refractivity contribution in [3.8, 4) is 0 Å². The smallest absolute Gasteiger partial charge is 0.232 e. The Labute approximate surface area is 216 Å². The highest BCUT2D eigenvalue weighted by Gasteiger charge is 2.49. The van der Waals surface area contributed by atoms with E-state index in [1.54, 1.807) is 0 Å². The van der Waals surface area contributed by atoms with Gasteiger partial charge in [0.05, 0.1) is 0 Å². The minimum Gasteiger partial charge on any atom is -0.369 e. The lowest BCUT2D eigenvalue weighted by Gasteiger charge is -2.37. The molecule has 1 amide bonds. The molecule has 5 rings (SSSR count). The molecule has 2 aliphatic rings. The number of amides is 1. The maximum Gasteiger partial charge on any atom is 0.232 e. The van der Waals surface area contributed by atoms with E-state index in [-0.39, 0.29) is 11.8 Å². The molecule has 1 unspecified atom stereocenters. The van der Waals surface area contributed by atoms with Crippen molar-refractivity contribution in [3.05, 3.63) is 107 Å². The molecule has 188 valence electrons. The van der Waals surface area contributed by atoms with E-state index in [1.165, 1.54) is 43.6 Å². The van der Waals surface area contributed by atoms with Crippen LogP contribution in [0.4, 0.5) is 0 Å². The monoisotopic (exact) mass is 481 g/mol. The first-order chi connectivity index (χ1) is 17.7. The highest BCUT2D eigenvalue weighted by molar-refractivity contribution is 5.91. The van der Waals surface area contributed by atoms with Gasteiger partial charge in [-0.2, -0.15) is 0 Å². The highest BCUT2D eigenvalue weighted by Crippen LogP contribution is 2.43. The molecule has 1 atom stereocenters. The van der Waals surface area contributed by atoms with Gasteiger partial charge < -0.3 is 15.5 Å². The lowest BCUT2D eigenvalue weighted by Crippen LogP contribution is -2.49. The van der Waals surface area contributed by atoms with Crippen LogP contribution in [0.1, 0.15) is 41.5 Å². The SMILES string of the molecule is NC(=O)C(c1ccccc1)(c1ccccc1)C1CCN(CCc2ccc(CCN3CCCC3)cc2)C1. The van der Waals surface area contributed by atoms with Crippen LogP contribution in [-0.2, 0) is 23.1 Å². The summed E-state index contributed by atoms with van der Waals surface area (Å²) in [6.45, 7) is 6.58. The molecule has 2 fully saturated rings. The lowest BCUT2D eigenvalue weighted by atomic mass is 9.64. The van der Waals surface area contributed by atoms with Gasteiger partial charge in [0.1, 0.15) is 5.41 Å². The fraction of sp³-hybridized carbons (Fsp3) is 0.406. The molecule has 2 heterocycles. The second kappa shape index (κ2) is 11.4. The minimum atomic E-state index is -0.811. The molecular formula is C32H39N3O. The number of carbonyl (C=O) groups excluding carboxylic acids is 1. The molecule has 0 aromatic heterocycles. The first-order valence-electron chi connectivity index (χ1n) is 13.6. The number of rotatable bonds is 10. The van der Waals surface area contributed by atoms with E-state index in [9.17, 15) is 4.79 Å². The fourth-order valence-corrected chi connectivity index (χ4v) is 6.37. The van der Waals surface area contributed by atoms with Crippen molar-refractivity contribution >= 4 is 5.91 Å². The summed E-state index contributed by atoms with van der Waals surface area (Å²) in [5, 5.41) is 0. The van der Waals surface area contributed by atoms with Crippen LogP contribution >= 0.6 is 0 Å². The summed E-state index contributed by atoms with van der Waals surface area (Å²) in [5.74, 6) is -0.107. The first kappa shape index (κ1) is 24.7. The van der Waals surface area contributed by atoms with Gasteiger partial charge in [-0.15, -0.1) is 0 Å². The zero-order chi connectivity index (χ0) is 24.8. The number of primary amides is 1. The number of benzene rings is 3. The average Bonchev–Trinajstić information content (AvgIpc) is 3.61. The molecule has 3 aromatic carbocycles.